The van der Waals surface area contributed by atoms with Gasteiger partial charge in [0.1, 0.15) is 11.4 Å². The maximum atomic E-state index is 11.1. The van der Waals surface area contributed by atoms with Gasteiger partial charge in [-0.1, -0.05) is 12.1 Å². The summed E-state index contributed by atoms with van der Waals surface area (Å²) in [7, 11) is -4.21. The van der Waals surface area contributed by atoms with Gasteiger partial charge in [-0.05, 0) is 60.7 Å². The molecule has 0 aliphatic heterocycles. The predicted octanol–water partition coefficient (Wildman–Crippen LogP) is 3.18. The molecule has 0 amide bonds. The Hall–Kier alpha value is -4.64. The third-order valence-electron chi connectivity index (χ3n) is 6.25. The Morgan fingerprint density at radius 1 is 0.953 bits per heavy atom. The molecule has 0 aliphatic rings. The van der Waals surface area contributed by atoms with Crippen LogP contribution in [0.3, 0.4) is 0 Å². The molecule has 0 aliphatic carbocycles. The molecule has 0 spiro atoms. The molecule has 228 valence electrons. The summed E-state index contributed by atoms with van der Waals surface area (Å²) < 4.78 is 31.3. The molecule has 0 saturated heterocycles. The summed E-state index contributed by atoms with van der Waals surface area (Å²) in [6, 6.07) is 12.3. The van der Waals surface area contributed by atoms with Crippen molar-refractivity contribution in [1.82, 2.24) is 15.0 Å². The van der Waals surface area contributed by atoms with Crippen molar-refractivity contribution in [3.63, 3.8) is 0 Å². The number of nitrogens with one attached hydrogen (secondary N) is 2. The summed E-state index contributed by atoms with van der Waals surface area (Å²) in [5.74, 6) is -0.253. The number of azo groups is 1. The zero-order chi connectivity index (χ0) is 31.1. The van der Waals surface area contributed by atoms with Gasteiger partial charge in [-0.3, -0.25) is 4.55 Å². The van der Waals surface area contributed by atoms with Gasteiger partial charge in [-0.2, -0.15) is 28.5 Å². The van der Waals surface area contributed by atoms with E-state index in [2.05, 4.69) is 35.8 Å². The maximum absolute atomic E-state index is 11.1. The number of nitrogens with two attached hydrogens (primary N) is 1. The first-order chi connectivity index (χ1) is 20.5. The Kier molecular flexibility index (Phi) is 9.87. The molecule has 0 unspecified atom stereocenters. The fraction of sp³-hybridized carbons (Fsp3) is 0.296. The van der Waals surface area contributed by atoms with Crippen LogP contribution in [-0.2, 0) is 10.1 Å². The second-order valence-corrected chi connectivity index (χ2v) is 11.2. The molecule has 15 nitrogen and oxygen atoms in total. The van der Waals surface area contributed by atoms with E-state index in [0.29, 0.717) is 28.1 Å². The Labute approximate surface area is 247 Å². The average molecular weight is 612 g/mol. The van der Waals surface area contributed by atoms with Gasteiger partial charge in [0.05, 0.1) is 35.7 Å². The Balaban J connectivity index is 1.61. The minimum Gasteiger partial charge on any atom is -0.507 e. The number of aliphatic hydroxyl groups excluding tert-OH is 2. The number of aromatic nitrogens is 3. The van der Waals surface area contributed by atoms with Crippen molar-refractivity contribution < 1.29 is 28.3 Å². The van der Waals surface area contributed by atoms with Crippen LogP contribution in [0.25, 0.3) is 10.8 Å². The highest BCUT2D eigenvalue weighted by molar-refractivity contribution is 7.85. The van der Waals surface area contributed by atoms with E-state index < -0.39 is 15.9 Å². The molecule has 3 aromatic carbocycles. The number of hydrogen-bond acceptors (Lipinski definition) is 14. The number of phenolic OH excluding ortho intramolecular Hbond substituents is 1. The standard InChI is InChI=1S/C27H33N9O6S/c1-16-13-18-3-5-20(28)24(23(18)22(39)14-16)35-34-21-6-4-19(15-17(21)2)30-26-31-25(29-7-12-43(40,41)42)32-27(33-26)36(8-10-37)9-11-38/h3-6,13-15,37-39H,7-12,28H2,1-2H3,(H,40,41,42)(H2,29,30,31,32,33). The summed E-state index contributed by atoms with van der Waals surface area (Å²) in [6.45, 7) is 3.36. The average Bonchev–Trinajstić information content (AvgIpc) is 2.92. The molecule has 0 bridgehead atoms. The van der Waals surface area contributed by atoms with Crippen LogP contribution in [-0.4, -0.2) is 81.8 Å². The molecular weight excluding hydrogens is 578 g/mol. The van der Waals surface area contributed by atoms with Crippen molar-refractivity contribution in [2.45, 2.75) is 13.8 Å². The topological polar surface area (TPSA) is 232 Å². The van der Waals surface area contributed by atoms with Gasteiger partial charge in [0, 0.05) is 25.3 Å². The van der Waals surface area contributed by atoms with E-state index in [1.807, 2.05) is 26.0 Å². The lowest BCUT2D eigenvalue weighted by molar-refractivity contribution is 0.280. The van der Waals surface area contributed by atoms with Crippen LogP contribution in [0.15, 0.2) is 52.7 Å². The van der Waals surface area contributed by atoms with Gasteiger partial charge in [-0.25, -0.2) is 0 Å². The van der Waals surface area contributed by atoms with Crippen LogP contribution in [0.2, 0.25) is 0 Å². The smallest absolute Gasteiger partial charge is 0.266 e. The van der Waals surface area contributed by atoms with Crippen molar-refractivity contribution in [1.29, 1.82) is 0 Å². The van der Waals surface area contributed by atoms with Crippen molar-refractivity contribution >= 4 is 61.5 Å². The molecule has 0 fully saturated rings. The highest BCUT2D eigenvalue weighted by atomic mass is 32.2. The van der Waals surface area contributed by atoms with Crippen LogP contribution >= 0.6 is 0 Å². The Bertz CT molecular complexity index is 1750. The molecule has 0 radical (unpaired) electrons. The molecule has 16 heteroatoms. The number of fused-ring (bicyclic) bond motifs is 1. The van der Waals surface area contributed by atoms with E-state index in [4.69, 9.17) is 10.3 Å². The van der Waals surface area contributed by atoms with E-state index in [0.717, 1.165) is 16.5 Å². The lowest BCUT2D eigenvalue weighted by Crippen LogP contribution is -2.32. The van der Waals surface area contributed by atoms with Gasteiger partial charge in [0.25, 0.3) is 10.1 Å². The molecule has 0 saturated carbocycles. The number of benzene rings is 3. The number of phenols is 1. The van der Waals surface area contributed by atoms with Crippen LogP contribution in [0.4, 0.5) is 40.6 Å². The fourth-order valence-corrected chi connectivity index (χ4v) is 4.62. The first-order valence-electron chi connectivity index (χ1n) is 13.2. The van der Waals surface area contributed by atoms with Crippen molar-refractivity contribution in [2.24, 2.45) is 10.2 Å². The number of aliphatic hydroxyl groups is 2. The summed E-state index contributed by atoms with van der Waals surface area (Å²) in [6.07, 6.45) is 0. The van der Waals surface area contributed by atoms with Crippen molar-refractivity contribution in [2.75, 3.05) is 59.9 Å². The first-order valence-corrected chi connectivity index (χ1v) is 14.8. The monoisotopic (exact) mass is 611 g/mol. The van der Waals surface area contributed by atoms with Gasteiger partial charge < -0.3 is 36.6 Å². The summed E-state index contributed by atoms with van der Waals surface area (Å²) in [4.78, 5) is 14.5. The highest BCUT2D eigenvalue weighted by Crippen LogP contribution is 2.39. The fourth-order valence-electron chi connectivity index (χ4n) is 4.26. The van der Waals surface area contributed by atoms with Gasteiger partial charge in [0.2, 0.25) is 17.8 Å². The van der Waals surface area contributed by atoms with E-state index in [9.17, 15) is 23.7 Å². The van der Waals surface area contributed by atoms with E-state index >= 15 is 0 Å². The number of aryl methyl sites for hydroxylation is 2. The summed E-state index contributed by atoms with van der Waals surface area (Å²) in [5.41, 5.74) is 9.68. The minimum atomic E-state index is -4.21. The highest BCUT2D eigenvalue weighted by Gasteiger charge is 2.15. The largest absolute Gasteiger partial charge is 0.507 e. The molecule has 4 aromatic rings. The second-order valence-electron chi connectivity index (χ2n) is 9.64. The third-order valence-corrected chi connectivity index (χ3v) is 6.97. The van der Waals surface area contributed by atoms with Crippen molar-refractivity contribution in [3.05, 3.63) is 53.6 Å². The molecule has 4 rings (SSSR count). The van der Waals surface area contributed by atoms with E-state index in [-0.39, 0.29) is 56.4 Å². The number of anilines is 5. The maximum Gasteiger partial charge on any atom is 0.266 e. The van der Waals surface area contributed by atoms with Gasteiger partial charge in [0.15, 0.2) is 0 Å². The van der Waals surface area contributed by atoms with Crippen LogP contribution in [0.1, 0.15) is 11.1 Å². The lowest BCUT2D eigenvalue weighted by atomic mass is 10.0. The molecule has 1 aromatic heterocycles. The molecule has 1 heterocycles. The van der Waals surface area contributed by atoms with E-state index in [1.165, 1.54) is 4.90 Å². The van der Waals surface area contributed by atoms with E-state index in [1.54, 1.807) is 30.3 Å². The third kappa shape index (κ3) is 8.23. The zero-order valence-corrected chi connectivity index (χ0v) is 24.4. The lowest BCUT2D eigenvalue weighted by Gasteiger charge is -2.21. The molecule has 43 heavy (non-hydrogen) atoms. The number of hydrogen-bond donors (Lipinski definition) is 7. The predicted molar refractivity (Wildman–Crippen MR) is 165 cm³/mol. The molecule has 8 N–H and O–H groups in total. The van der Waals surface area contributed by atoms with Gasteiger partial charge in [-0.15, -0.1) is 5.11 Å². The molecular formula is C27H33N9O6S. The van der Waals surface area contributed by atoms with Crippen molar-refractivity contribution in [3.8, 4) is 5.75 Å². The number of rotatable bonds is 13. The number of nitrogens with zero attached hydrogens (tertiary/aromatic N) is 6. The van der Waals surface area contributed by atoms with Crippen LogP contribution in [0.5, 0.6) is 5.75 Å². The minimum absolute atomic E-state index is 0.0188. The Morgan fingerprint density at radius 3 is 2.35 bits per heavy atom. The van der Waals surface area contributed by atoms with Crippen LogP contribution in [0, 0.1) is 13.8 Å². The summed E-state index contributed by atoms with van der Waals surface area (Å²) in [5, 5.41) is 45.3. The normalized spacial score (nSPS) is 11.7. The van der Waals surface area contributed by atoms with Crippen LogP contribution < -0.4 is 21.3 Å². The molecule has 0 atom stereocenters. The second kappa shape index (κ2) is 13.6. The van der Waals surface area contributed by atoms with Gasteiger partial charge >= 0.3 is 0 Å². The number of nitrogen functional groups attached to an aromatic ring is 1. The Morgan fingerprint density at radius 2 is 1.67 bits per heavy atom. The summed E-state index contributed by atoms with van der Waals surface area (Å²) >= 11 is 0. The zero-order valence-electron chi connectivity index (χ0n) is 23.6. The number of aromatic hydroxyl groups is 1. The first kappa shape index (κ1) is 31.3. The quantitative estimate of drug-likeness (QED) is 0.0655. The SMILES string of the molecule is Cc1cc(O)c2c(N=Nc3ccc(Nc4nc(NCCS(=O)(=O)O)nc(N(CCO)CCO)n4)cc3C)c(N)ccc2c1.